The highest BCUT2D eigenvalue weighted by Gasteiger charge is 2.28. The Bertz CT molecular complexity index is 334. The molecule has 1 aliphatic carbocycles. The molecule has 0 amide bonds. The number of hydrogen-bond donors (Lipinski definition) is 1. The van der Waals surface area contributed by atoms with Crippen LogP contribution in [0.15, 0.2) is 12.4 Å². The van der Waals surface area contributed by atoms with Gasteiger partial charge in [0.05, 0.1) is 0 Å². The van der Waals surface area contributed by atoms with Crippen LogP contribution in [0.3, 0.4) is 0 Å². The summed E-state index contributed by atoms with van der Waals surface area (Å²) >= 11 is 0. The molecule has 0 spiro atoms. The Morgan fingerprint density at radius 1 is 1.20 bits per heavy atom. The van der Waals surface area contributed by atoms with Gasteiger partial charge in [-0.25, -0.2) is 4.98 Å². The van der Waals surface area contributed by atoms with E-state index in [0.717, 1.165) is 37.9 Å². The van der Waals surface area contributed by atoms with Gasteiger partial charge in [-0.15, -0.1) is 0 Å². The van der Waals surface area contributed by atoms with E-state index in [4.69, 9.17) is 5.73 Å². The highest BCUT2D eigenvalue weighted by molar-refractivity contribution is 5.33. The fourth-order valence-electron chi connectivity index (χ4n) is 2.29. The first-order valence-corrected chi connectivity index (χ1v) is 5.88. The van der Waals surface area contributed by atoms with Crippen LogP contribution in [0.1, 0.15) is 31.7 Å². The topological polar surface area (TPSA) is 47.1 Å². The van der Waals surface area contributed by atoms with Gasteiger partial charge in [0.1, 0.15) is 0 Å². The minimum absolute atomic E-state index is 0.394. The zero-order chi connectivity index (χ0) is 10.3. The maximum atomic E-state index is 5.91. The Balaban J connectivity index is 1.77. The van der Waals surface area contributed by atoms with E-state index >= 15 is 0 Å². The quantitative estimate of drug-likeness (QED) is 0.789. The van der Waals surface area contributed by atoms with Crippen molar-refractivity contribution in [1.82, 2.24) is 9.55 Å². The summed E-state index contributed by atoms with van der Waals surface area (Å²) in [6, 6.07) is 1.11. The van der Waals surface area contributed by atoms with E-state index in [-0.39, 0.29) is 0 Å². The molecule has 1 aromatic rings. The number of piperidine rings is 1. The van der Waals surface area contributed by atoms with E-state index in [1.165, 1.54) is 12.8 Å². The summed E-state index contributed by atoms with van der Waals surface area (Å²) in [5.41, 5.74) is 5.91. The van der Waals surface area contributed by atoms with Gasteiger partial charge in [-0.3, -0.25) is 0 Å². The van der Waals surface area contributed by atoms with E-state index in [1.54, 1.807) is 0 Å². The molecule has 2 heterocycles. The minimum Gasteiger partial charge on any atom is -0.342 e. The fourth-order valence-corrected chi connectivity index (χ4v) is 2.29. The van der Waals surface area contributed by atoms with E-state index in [9.17, 15) is 0 Å². The number of anilines is 1. The fraction of sp³-hybridized carbons (Fsp3) is 0.727. The number of hydrogen-bond acceptors (Lipinski definition) is 3. The maximum Gasteiger partial charge on any atom is 0.205 e. The zero-order valence-electron chi connectivity index (χ0n) is 8.97. The summed E-state index contributed by atoms with van der Waals surface area (Å²) in [6.07, 6.45) is 8.85. The molecule has 4 heteroatoms. The van der Waals surface area contributed by atoms with Crippen LogP contribution >= 0.6 is 0 Å². The summed E-state index contributed by atoms with van der Waals surface area (Å²) in [5.74, 6) is 1.16. The summed E-state index contributed by atoms with van der Waals surface area (Å²) in [5, 5.41) is 0. The van der Waals surface area contributed by atoms with Crippen LogP contribution in [0.25, 0.3) is 0 Å². The lowest BCUT2D eigenvalue weighted by molar-refractivity contribution is 0.489. The highest BCUT2D eigenvalue weighted by Crippen LogP contribution is 2.37. The Morgan fingerprint density at radius 3 is 2.60 bits per heavy atom. The zero-order valence-corrected chi connectivity index (χ0v) is 8.97. The van der Waals surface area contributed by atoms with Crippen LogP contribution in [0.2, 0.25) is 0 Å². The normalized spacial score (nSPS) is 23.4. The molecule has 1 aliphatic heterocycles. The SMILES string of the molecule is NC1CCN(c2nccn2C2CC2)CC1. The summed E-state index contributed by atoms with van der Waals surface area (Å²) in [7, 11) is 0. The van der Waals surface area contributed by atoms with Gasteiger partial charge in [-0.1, -0.05) is 0 Å². The molecule has 2 aliphatic rings. The Labute approximate surface area is 90.1 Å². The van der Waals surface area contributed by atoms with Crippen molar-refractivity contribution in [3.8, 4) is 0 Å². The Hall–Kier alpha value is -1.03. The standard InChI is InChI=1S/C11H18N4/c12-9-3-6-14(7-4-9)11-13-5-8-15(11)10-1-2-10/h5,8-10H,1-4,6-7,12H2. The van der Waals surface area contributed by atoms with Crippen molar-refractivity contribution in [3.05, 3.63) is 12.4 Å². The smallest absolute Gasteiger partial charge is 0.205 e. The maximum absolute atomic E-state index is 5.91. The lowest BCUT2D eigenvalue weighted by Crippen LogP contribution is -2.40. The highest BCUT2D eigenvalue weighted by atomic mass is 15.3. The largest absolute Gasteiger partial charge is 0.342 e. The monoisotopic (exact) mass is 206 g/mol. The van der Waals surface area contributed by atoms with Gasteiger partial charge in [0.15, 0.2) is 0 Å². The van der Waals surface area contributed by atoms with Gasteiger partial charge in [0.25, 0.3) is 0 Å². The molecule has 0 aromatic carbocycles. The van der Waals surface area contributed by atoms with Crippen molar-refractivity contribution in [3.63, 3.8) is 0 Å². The van der Waals surface area contributed by atoms with Crippen LogP contribution in [-0.4, -0.2) is 28.7 Å². The van der Waals surface area contributed by atoms with Gasteiger partial charge < -0.3 is 15.2 Å². The molecule has 1 saturated carbocycles. The molecule has 0 bridgehead atoms. The molecule has 82 valence electrons. The number of nitrogens with zero attached hydrogens (tertiary/aromatic N) is 3. The van der Waals surface area contributed by atoms with Crippen LogP contribution in [0.4, 0.5) is 5.95 Å². The third-order valence-electron chi connectivity index (χ3n) is 3.41. The second-order valence-electron chi connectivity index (χ2n) is 4.69. The number of imidazole rings is 1. The number of nitrogens with two attached hydrogens (primary N) is 1. The Morgan fingerprint density at radius 2 is 1.93 bits per heavy atom. The van der Waals surface area contributed by atoms with Crippen LogP contribution in [0.5, 0.6) is 0 Å². The van der Waals surface area contributed by atoms with Crippen molar-refractivity contribution in [2.75, 3.05) is 18.0 Å². The van der Waals surface area contributed by atoms with Gasteiger partial charge in [-0.2, -0.15) is 0 Å². The average molecular weight is 206 g/mol. The third-order valence-corrected chi connectivity index (χ3v) is 3.41. The second-order valence-corrected chi connectivity index (χ2v) is 4.69. The van der Waals surface area contributed by atoms with Gasteiger partial charge in [0, 0.05) is 37.6 Å². The molecule has 2 N–H and O–H groups in total. The summed E-state index contributed by atoms with van der Waals surface area (Å²) < 4.78 is 2.33. The predicted molar refractivity (Wildman–Crippen MR) is 59.9 cm³/mol. The lowest BCUT2D eigenvalue weighted by atomic mass is 10.1. The van der Waals surface area contributed by atoms with E-state index in [0.29, 0.717) is 6.04 Å². The molecule has 15 heavy (non-hydrogen) atoms. The van der Waals surface area contributed by atoms with Crippen LogP contribution < -0.4 is 10.6 Å². The number of aromatic nitrogens is 2. The molecule has 3 rings (SSSR count). The van der Waals surface area contributed by atoms with Gasteiger partial charge >= 0.3 is 0 Å². The molecular formula is C11H18N4. The van der Waals surface area contributed by atoms with Crippen molar-refractivity contribution in [2.45, 2.75) is 37.8 Å². The predicted octanol–water partition coefficient (Wildman–Crippen LogP) is 1.15. The van der Waals surface area contributed by atoms with Gasteiger partial charge in [0.2, 0.25) is 5.95 Å². The minimum atomic E-state index is 0.394. The summed E-state index contributed by atoms with van der Waals surface area (Å²) in [6.45, 7) is 2.12. The first-order valence-electron chi connectivity index (χ1n) is 5.88. The molecule has 2 fully saturated rings. The van der Waals surface area contributed by atoms with Gasteiger partial charge in [-0.05, 0) is 25.7 Å². The average Bonchev–Trinajstić information content (AvgIpc) is 2.98. The first kappa shape index (κ1) is 9.21. The van der Waals surface area contributed by atoms with E-state index in [1.807, 2.05) is 6.20 Å². The van der Waals surface area contributed by atoms with Crippen LogP contribution in [-0.2, 0) is 0 Å². The molecular weight excluding hydrogens is 188 g/mol. The van der Waals surface area contributed by atoms with Crippen molar-refractivity contribution >= 4 is 5.95 Å². The van der Waals surface area contributed by atoms with Crippen molar-refractivity contribution in [2.24, 2.45) is 5.73 Å². The second kappa shape index (κ2) is 3.52. The first-order chi connectivity index (χ1) is 7.34. The molecule has 0 unspecified atom stereocenters. The Kier molecular flexibility index (Phi) is 2.16. The molecule has 1 saturated heterocycles. The van der Waals surface area contributed by atoms with Crippen molar-refractivity contribution in [1.29, 1.82) is 0 Å². The van der Waals surface area contributed by atoms with Crippen LogP contribution in [0, 0.1) is 0 Å². The molecule has 4 nitrogen and oxygen atoms in total. The summed E-state index contributed by atoms with van der Waals surface area (Å²) in [4.78, 5) is 6.85. The van der Waals surface area contributed by atoms with E-state index < -0.39 is 0 Å². The van der Waals surface area contributed by atoms with E-state index in [2.05, 4.69) is 20.6 Å². The third kappa shape index (κ3) is 1.74. The molecule has 0 radical (unpaired) electrons. The molecule has 1 aromatic heterocycles. The lowest BCUT2D eigenvalue weighted by Gasteiger charge is -2.31. The van der Waals surface area contributed by atoms with Crippen molar-refractivity contribution < 1.29 is 0 Å². The number of rotatable bonds is 2. The molecule has 0 atom stereocenters.